The highest BCUT2D eigenvalue weighted by Crippen LogP contribution is 2.31. The van der Waals surface area contributed by atoms with Gasteiger partial charge in [0.1, 0.15) is 5.75 Å². The van der Waals surface area contributed by atoms with Crippen LogP contribution in [0.15, 0.2) is 88.4 Å². The quantitative estimate of drug-likeness (QED) is 0.281. The third-order valence-electron chi connectivity index (χ3n) is 4.83. The summed E-state index contributed by atoms with van der Waals surface area (Å²) in [6.45, 7) is 3.35. The van der Waals surface area contributed by atoms with Crippen LogP contribution in [0.4, 0.5) is 5.69 Å². The van der Waals surface area contributed by atoms with Crippen LogP contribution in [0.5, 0.6) is 5.75 Å². The number of ether oxygens (including phenoxy) is 1. The molecule has 3 aromatic carbocycles. The van der Waals surface area contributed by atoms with Crippen LogP contribution < -0.4 is 10.1 Å². The summed E-state index contributed by atoms with van der Waals surface area (Å²) in [6, 6.07) is 24.1. The number of carbonyl (C=O) groups is 1. The van der Waals surface area contributed by atoms with Gasteiger partial charge in [-0.1, -0.05) is 46.3 Å². The Bertz CT molecular complexity index is 1170. The molecule has 0 fully saturated rings. The van der Waals surface area contributed by atoms with E-state index >= 15 is 0 Å². The van der Waals surface area contributed by atoms with Gasteiger partial charge in [-0.2, -0.15) is 0 Å². The summed E-state index contributed by atoms with van der Waals surface area (Å²) in [5.41, 5.74) is 3.17. The van der Waals surface area contributed by atoms with Gasteiger partial charge in [0.2, 0.25) is 5.91 Å². The van der Waals surface area contributed by atoms with Gasteiger partial charge in [0.25, 0.3) is 0 Å². The molecule has 4 rings (SSSR count). The molecule has 0 saturated heterocycles. The fourth-order valence-corrected chi connectivity index (χ4v) is 4.54. The van der Waals surface area contributed by atoms with Gasteiger partial charge in [0, 0.05) is 38.7 Å². The fraction of sp³-hybridized carbons (Fsp3) is 0.160. The highest BCUT2D eigenvalue weighted by atomic mass is 79.9. The highest BCUT2D eigenvalue weighted by molar-refractivity contribution is 9.10. The van der Waals surface area contributed by atoms with Gasteiger partial charge in [0.05, 0.1) is 12.4 Å². The molecule has 0 aliphatic heterocycles. The molecule has 31 heavy (non-hydrogen) atoms. The van der Waals surface area contributed by atoms with Gasteiger partial charge in [0.15, 0.2) is 0 Å². The molecular weight excluding hydrogens is 472 g/mol. The molecule has 1 amide bonds. The number of hydrogen-bond acceptors (Lipinski definition) is 3. The van der Waals surface area contributed by atoms with Gasteiger partial charge in [-0.25, -0.2) is 0 Å². The Morgan fingerprint density at radius 1 is 1.03 bits per heavy atom. The van der Waals surface area contributed by atoms with Gasteiger partial charge >= 0.3 is 0 Å². The van der Waals surface area contributed by atoms with Crippen molar-refractivity contribution >= 4 is 50.2 Å². The number of hydrogen-bond donors (Lipinski definition) is 1. The number of fused-ring (bicyclic) bond motifs is 1. The second-order valence-corrected chi connectivity index (χ2v) is 8.99. The lowest BCUT2D eigenvalue weighted by Gasteiger charge is -2.07. The second-order valence-electron chi connectivity index (χ2n) is 7.06. The second kappa shape index (κ2) is 10.1. The molecule has 0 aliphatic carbocycles. The molecule has 0 saturated carbocycles. The van der Waals surface area contributed by atoms with E-state index < -0.39 is 0 Å². The number of benzene rings is 3. The topological polar surface area (TPSA) is 43.3 Å². The lowest BCUT2D eigenvalue weighted by atomic mass is 10.2. The zero-order chi connectivity index (χ0) is 21.6. The van der Waals surface area contributed by atoms with E-state index in [4.69, 9.17) is 4.74 Å². The van der Waals surface area contributed by atoms with Crippen LogP contribution >= 0.6 is 27.7 Å². The van der Waals surface area contributed by atoms with Crippen molar-refractivity contribution < 1.29 is 9.53 Å². The Hall–Kier alpha value is -2.70. The first-order valence-electron chi connectivity index (χ1n) is 10.1. The van der Waals surface area contributed by atoms with E-state index in [0.29, 0.717) is 12.4 Å². The van der Waals surface area contributed by atoms with Crippen LogP contribution in [0.25, 0.3) is 10.9 Å². The number of thioether (sulfide) groups is 1. The van der Waals surface area contributed by atoms with Gasteiger partial charge in [-0.05, 0) is 55.0 Å². The van der Waals surface area contributed by atoms with Crippen molar-refractivity contribution in [3.05, 3.63) is 89.0 Å². The van der Waals surface area contributed by atoms with Crippen molar-refractivity contribution in [3.63, 3.8) is 0 Å². The van der Waals surface area contributed by atoms with E-state index in [2.05, 4.69) is 68.4 Å². The molecule has 4 aromatic rings. The summed E-state index contributed by atoms with van der Waals surface area (Å²) in [5.74, 6) is 1.12. The standard InChI is InChI=1S/C25H23BrN2O2S/c1-2-30-21-13-11-20(12-14-21)27-25(29)17-31-24-16-28(23-6-4-3-5-22(23)24)15-18-7-9-19(26)10-8-18/h3-14,16H,2,15,17H2,1H3,(H,27,29). The Kier molecular flexibility index (Phi) is 6.99. The van der Waals surface area contributed by atoms with Crippen molar-refractivity contribution in [2.75, 3.05) is 17.7 Å². The zero-order valence-corrected chi connectivity index (χ0v) is 19.6. The lowest BCUT2D eigenvalue weighted by molar-refractivity contribution is -0.113. The first kappa shape index (κ1) is 21.5. The largest absolute Gasteiger partial charge is 0.494 e. The Morgan fingerprint density at radius 2 is 1.77 bits per heavy atom. The molecule has 0 atom stereocenters. The minimum absolute atomic E-state index is 0.0288. The van der Waals surface area contributed by atoms with E-state index in [1.165, 1.54) is 16.5 Å². The minimum Gasteiger partial charge on any atom is -0.494 e. The molecule has 0 unspecified atom stereocenters. The number of carbonyl (C=O) groups excluding carboxylic acids is 1. The minimum atomic E-state index is -0.0288. The Balaban J connectivity index is 1.44. The third-order valence-corrected chi connectivity index (χ3v) is 6.40. The molecule has 0 radical (unpaired) electrons. The Morgan fingerprint density at radius 3 is 2.52 bits per heavy atom. The smallest absolute Gasteiger partial charge is 0.234 e. The summed E-state index contributed by atoms with van der Waals surface area (Å²) in [6.07, 6.45) is 2.14. The molecule has 158 valence electrons. The van der Waals surface area contributed by atoms with E-state index in [1.54, 1.807) is 11.8 Å². The van der Waals surface area contributed by atoms with Crippen molar-refractivity contribution in [1.82, 2.24) is 4.57 Å². The fourth-order valence-electron chi connectivity index (χ4n) is 3.39. The summed E-state index contributed by atoms with van der Waals surface area (Å²) in [4.78, 5) is 13.6. The molecule has 0 bridgehead atoms. The maximum absolute atomic E-state index is 12.5. The summed E-state index contributed by atoms with van der Waals surface area (Å²) in [5, 5.41) is 4.12. The molecule has 4 nitrogen and oxygen atoms in total. The SMILES string of the molecule is CCOc1ccc(NC(=O)CSc2cn(Cc3ccc(Br)cc3)c3ccccc23)cc1. The maximum atomic E-state index is 12.5. The Labute approximate surface area is 194 Å². The first-order chi connectivity index (χ1) is 15.1. The lowest BCUT2D eigenvalue weighted by Crippen LogP contribution is -2.13. The maximum Gasteiger partial charge on any atom is 0.234 e. The molecule has 0 aliphatic rings. The van der Waals surface area contributed by atoms with Gasteiger partial charge in [-0.15, -0.1) is 11.8 Å². The molecule has 1 N–H and O–H groups in total. The summed E-state index contributed by atoms with van der Waals surface area (Å²) >= 11 is 5.05. The zero-order valence-electron chi connectivity index (χ0n) is 17.2. The van der Waals surface area contributed by atoms with Gasteiger partial charge in [-0.3, -0.25) is 4.79 Å². The van der Waals surface area contributed by atoms with Crippen LogP contribution in [0, 0.1) is 0 Å². The molecule has 1 heterocycles. The number of nitrogens with zero attached hydrogens (tertiary/aromatic N) is 1. The predicted molar refractivity (Wildman–Crippen MR) is 132 cm³/mol. The number of halogens is 1. The predicted octanol–water partition coefficient (Wildman–Crippen LogP) is 6.58. The van der Waals surface area contributed by atoms with Crippen molar-refractivity contribution in [3.8, 4) is 5.75 Å². The van der Waals surface area contributed by atoms with Crippen molar-refractivity contribution in [1.29, 1.82) is 0 Å². The normalized spacial score (nSPS) is 10.9. The van der Waals surface area contributed by atoms with Gasteiger partial charge < -0.3 is 14.6 Å². The molecular formula is C25H23BrN2O2S. The molecule has 1 aromatic heterocycles. The van der Waals surface area contributed by atoms with E-state index in [9.17, 15) is 4.79 Å². The van der Waals surface area contributed by atoms with Crippen LogP contribution in [0.1, 0.15) is 12.5 Å². The van der Waals surface area contributed by atoms with Crippen LogP contribution in [-0.4, -0.2) is 22.8 Å². The monoisotopic (exact) mass is 494 g/mol. The van der Waals surface area contributed by atoms with Crippen molar-refractivity contribution in [2.45, 2.75) is 18.4 Å². The van der Waals surface area contributed by atoms with E-state index in [-0.39, 0.29) is 5.91 Å². The van der Waals surface area contributed by atoms with Crippen LogP contribution in [-0.2, 0) is 11.3 Å². The average molecular weight is 495 g/mol. The van der Waals surface area contributed by atoms with E-state index in [0.717, 1.165) is 27.3 Å². The number of para-hydroxylation sites is 1. The number of rotatable bonds is 8. The first-order valence-corrected chi connectivity index (χ1v) is 11.9. The third kappa shape index (κ3) is 5.51. The molecule has 6 heteroatoms. The highest BCUT2D eigenvalue weighted by Gasteiger charge is 2.11. The van der Waals surface area contributed by atoms with E-state index in [1.807, 2.05) is 43.3 Å². The van der Waals surface area contributed by atoms with Crippen LogP contribution in [0.2, 0.25) is 0 Å². The van der Waals surface area contributed by atoms with Crippen molar-refractivity contribution in [2.24, 2.45) is 0 Å². The number of aromatic nitrogens is 1. The van der Waals surface area contributed by atoms with Crippen LogP contribution in [0.3, 0.4) is 0 Å². The average Bonchev–Trinajstić information content (AvgIpc) is 3.13. The number of nitrogens with one attached hydrogen (secondary N) is 1. The number of anilines is 1. The summed E-state index contributed by atoms with van der Waals surface area (Å²) < 4.78 is 8.76. The number of amides is 1. The molecule has 0 spiro atoms. The summed E-state index contributed by atoms with van der Waals surface area (Å²) in [7, 11) is 0.